The predicted molar refractivity (Wildman–Crippen MR) is 75.6 cm³/mol. The van der Waals surface area contributed by atoms with Gasteiger partial charge in [-0.05, 0) is 25.1 Å². The van der Waals surface area contributed by atoms with Gasteiger partial charge in [0.2, 0.25) is 0 Å². The number of ether oxygens (including phenoxy) is 2. The highest BCUT2D eigenvalue weighted by Gasteiger charge is 2.09. The second-order valence-electron chi connectivity index (χ2n) is 4.12. The third-order valence-electron chi connectivity index (χ3n) is 2.75. The molecule has 5 nitrogen and oxygen atoms in total. The summed E-state index contributed by atoms with van der Waals surface area (Å²) in [6.45, 7) is 2.54. The molecule has 0 aliphatic rings. The van der Waals surface area contributed by atoms with E-state index in [0.717, 1.165) is 0 Å². The fourth-order valence-corrected chi connectivity index (χ4v) is 1.78. The van der Waals surface area contributed by atoms with E-state index < -0.39 is 0 Å². The molecule has 0 aliphatic heterocycles. The number of aromatic nitrogens is 1. The van der Waals surface area contributed by atoms with E-state index in [1.807, 2.05) is 13.0 Å². The van der Waals surface area contributed by atoms with Crippen LogP contribution in [-0.4, -0.2) is 11.6 Å². The fourth-order valence-electron chi connectivity index (χ4n) is 1.78. The molecule has 1 aromatic heterocycles. The van der Waals surface area contributed by atoms with Gasteiger partial charge in [0.05, 0.1) is 18.2 Å². The topological polar surface area (TPSA) is 78.9 Å². The lowest BCUT2D eigenvalue weighted by Gasteiger charge is -2.12. The highest BCUT2D eigenvalue weighted by atomic mass is 16.5. The molecule has 5 heteroatoms. The summed E-state index contributed by atoms with van der Waals surface area (Å²) in [6.07, 6.45) is 1.56. The second kappa shape index (κ2) is 6.93. The number of pyridine rings is 1. The van der Waals surface area contributed by atoms with Crippen molar-refractivity contribution in [2.45, 2.75) is 13.5 Å². The maximum atomic E-state index is 8.99. The van der Waals surface area contributed by atoms with Crippen LogP contribution in [0.5, 0.6) is 11.5 Å². The molecule has 0 bridgehead atoms. The fraction of sp³-hybridized carbons (Fsp3) is 0.188. The van der Waals surface area contributed by atoms with E-state index in [-0.39, 0.29) is 6.61 Å². The smallest absolute Gasteiger partial charge is 0.162 e. The van der Waals surface area contributed by atoms with Crippen LogP contribution in [0.1, 0.15) is 23.7 Å². The van der Waals surface area contributed by atoms with Crippen LogP contribution < -0.4 is 9.47 Å². The average molecular weight is 279 g/mol. The van der Waals surface area contributed by atoms with Crippen LogP contribution in [0.4, 0.5) is 0 Å². The first kappa shape index (κ1) is 14.4. The maximum absolute atomic E-state index is 8.99. The minimum Gasteiger partial charge on any atom is -0.490 e. The minimum atomic E-state index is 0.211. The molecule has 1 aromatic carbocycles. The molecule has 0 radical (unpaired) electrons. The summed E-state index contributed by atoms with van der Waals surface area (Å²) in [5.41, 5.74) is 1.54. The van der Waals surface area contributed by atoms with Crippen molar-refractivity contribution in [1.29, 1.82) is 10.5 Å². The van der Waals surface area contributed by atoms with Gasteiger partial charge in [-0.3, -0.25) is 0 Å². The quantitative estimate of drug-likeness (QED) is 0.840. The van der Waals surface area contributed by atoms with Crippen LogP contribution in [0.3, 0.4) is 0 Å². The molecular formula is C16H13N3O2. The summed E-state index contributed by atoms with van der Waals surface area (Å²) in [6, 6.07) is 12.6. The largest absolute Gasteiger partial charge is 0.490 e. The van der Waals surface area contributed by atoms with Gasteiger partial charge in [-0.1, -0.05) is 6.07 Å². The van der Waals surface area contributed by atoms with Crippen molar-refractivity contribution >= 4 is 0 Å². The van der Waals surface area contributed by atoms with Crippen LogP contribution >= 0.6 is 0 Å². The van der Waals surface area contributed by atoms with Crippen molar-refractivity contribution in [3.05, 3.63) is 53.3 Å². The Morgan fingerprint density at radius 1 is 1.10 bits per heavy atom. The van der Waals surface area contributed by atoms with Crippen molar-refractivity contribution in [1.82, 2.24) is 4.98 Å². The van der Waals surface area contributed by atoms with E-state index in [0.29, 0.717) is 34.9 Å². The number of benzene rings is 1. The zero-order valence-electron chi connectivity index (χ0n) is 11.5. The van der Waals surface area contributed by atoms with Crippen LogP contribution in [0.2, 0.25) is 0 Å². The van der Waals surface area contributed by atoms with E-state index in [9.17, 15) is 0 Å². The third-order valence-corrected chi connectivity index (χ3v) is 2.75. The molecule has 0 unspecified atom stereocenters. The molecule has 0 spiro atoms. The van der Waals surface area contributed by atoms with E-state index in [4.69, 9.17) is 20.0 Å². The lowest BCUT2D eigenvalue weighted by atomic mass is 10.2. The number of nitriles is 2. The van der Waals surface area contributed by atoms with Gasteiger partial charge >= 0.3 is 0 Å². The average Bonchev–Trinajstić information content (AvgIpc) is 2.54. The standard InChI is InChI=1S/C16H13N3O2/c1-2-20-16-8-12(9-17)5-6-15(16)21-11-13-4-3-7-19-14(13)10-18/h3-8H,2,11H2,1H3. The molecule has 0 atom stereocenters. The Bertz CT molecular complexity index is 714. The molecule has 0 N–H and O–H groups in total. The number of rotatable bonds is 5. The molecule has 0 fully saturated rings. The zero-order chi connectivity index (χ0) is 15.1. The molecule has 2 rings (SSSR count). The molecular weight excluding hydrogens is 266 g/mol. The molecule has 21 heavy (non-hydrogen) atoms. The zero-order valence-corrected chi connectivity index (χ0v) is 11.5. The van der Waals surface area contributed by atoms with Crippen LogP contribution in [0.25, 0.3) is 0 Å². The molecule has 2 aromatic rings. The van der Waals surface area contributed by atoms with E-state index in [1.165, 1.54) is 0 Å². The van der Waals surface area contributed by atoms with Gasteiger partial charge in [-0.15, -0.1) is 0 Å². The van der Waals surface area contributed by atoms with E-state index in [2.05, 4.69) is 11.1 Å². The van der Waals surface area contributed by atoms with Gasteiger partial charge in [0.1, 0.15) is 18.4 Å². The minimum absolute atomic E-state index is 0.211. The Morgan fingerprint density at radius 3 is 2.67 bits per heavy atom. The number of nitrogens with zero attached hydrogens (tertiary/aromatic N) is 3. The first-order valence-electron chi connectivity index (χ1n) is 6.42. The number of hydrogen-bond donors (Lipinski definition) is 0. The molecule has 0 saturated carbocycles. The molecule has 0 aliphatic carbocycles. The molecule has 104 valence electrons. The van der Waals surface area contributed by atoms with Gasteiger partial charge in [0.25, 0.3) is 0 Å². The van der Waals surface area contributed by atoms with Crippen LogP contribution in [0.15, 0.2) is 36.5 Å². The second-order valence-corrected chi connectivity index (χ2v) is 4.12. The van der Waals surface area contributed by atoms with E-state index >= 15 is 0 Å². The normalized spacial score (nSPS) is 9.48. The Morgan fingerprint density at radius 2 is 1.95 bits per heavy atom. The molecule has 1 heterocycles. The van der Waals surface area contributed by atoms with Crippen molar-refractivity contribution in [2.24, 2.45) is 0 Å². The Balaban J connectivity index is 2.20. The highest BCUT2D eigenvalue weighted by Crippen LogP contribution is 2.29. The van der Waals surface area contributed by atoms with E-state index in [1.54, 1.807) is 36.5 Å². The maximum Gasteiger partial charge on any atom is 0.162 e. The van der Waals surface area contributed by atoms with Gasteiger partial charge in [0, 0.05) is 17.8 Å². The van der Waals surface area contributed by atoms with Gasteiger partial charge in [-0.25, -0.2) is 4.98 Å². The Kier molecular flexibility index (Phi) is 4.74. The summed E-state index contributed by atoms with van der Waals surface area (Å²) < 4.78 is 11.2. The molecule has 0 saturated heterocycles. The Labute approximate surface area is 123 Å². The Hall–Kier alpha value is -3.05. The first-order valence-corrected chi connectivity index (χ1v) is 6.42. The number of hydrogen-bond acceptors (Lipinski definition) is 5. The third kappa shape index (κ3) is 3.49. The summed E-state index contributed by atoms with van der Waals surface area (Å²) in [4.78, 5) is 3.98. The van der Waals surface area contributed by atoms with Crippen molar-refractivity contribution < 1.29 is 9.47 Å². The lowest BCUT2D eigenvalue weighted by molar-refractivity contribution is 0.269. The van der Waals surface area contributed by atoms with Gasteiger partial charge in [-0.2, -0.15) is 10.5 Å². The summed E-state index contributed by atoms with van der Waals surface area (Å²) in [7, 11) is 0. The summed E-state index contributed by atoms with van der Waals surface area (Å²) in [5, 5.41) is 17.9. The van der Waals surface area contributed by atoms with Gasteiger partial charge < -0.3 is 9.47 Å². The van der Waals surface area contributed by atoms with Crippen LogP contribution in [-0.2, 0) is 6.61 Å². The van der Waals surface area contributed by atoms with Crippen molar-refractivity contribution in [3.8, 4) is 23.6 Å². The first-order chi connectivity index (χ1) is 10.3. The summed E-state index contributed by atoms with van der Waals surface area (Å²) in [5.74, 6) is 1.04. The predicted octanol–water partition coefficient (Wildman–Crippen LogP) is 2.80. The lowest BCUT2D eigenvalue weighted by Crippen LogP contribution is -2.02. The highest BCUT2D eigenvalue weighted by molar-refractivity contribution is 5.47. The van der Waals surface area contributed by atoms with Crippen molar-refractivity contribution in [3.63, 3.8) is 0 Å². The SMILES string of the molecule is CCOc1cc(C#N)ccc1OCc1cccnc1C#N. The van der Waals surface area contributed by atoms with Gasteiger partial charge in [0.15, 0.2) is 11.5 Å². The van der Waals surface area contributed by atoms with Crippen LogP contribution in [0, 0.1) is 22.7 Å². The van der Waals surface area contributed by atoms with Crippen molar-refractivity contribution in [2.75, 3.05) is 6.61 Å². The molecule has 0 amide bonds. The summed E-state index contributed by atoms with van der Waals surface area (Å²) >= 11 is 0. The monoisotopic (exact) mass is 279 g/mol.